The first-order valence-corrected chi connectivity index (χ1v) is 5.87. The smallest absolute Gasteiger partial charge is 0.256 e. The molecule has 2 aromatic rings. The molecule has 0 fully saturated rings. The molecule has 5 nitrogen and oxygen atoms in total. The zero-order valence-corrected chi connectivity index (χ0v) is 9.77. The largest absolute Gasteiger partial charge is 0.363 e. The zero-order valence-electron chi connectivity index (χ0n) is 9.77. The van der Waals surface area contributed by atoms with Crippen LogP contribution >= 0.6 is 0 Å². The van der Waals surface area contributed by atoms with Crippen molar-refractivity contribution in [3.05, 3.63) is 47.2 Å². The average molecular weight is 243 g/mol. The molecule has 0 radical (unpaired) electrons. The van der Waals surface area contributed by atoms with Gasteiger partial charge in [0.15, 0.2) is 5.82 Å². The number of nitrogens with zero attached hydrogens (tertiary/aromatic N) is 1. The fourth-order valence-corrected chi connectivity index (χ4v) is 2.09. The Morgan fingerprint density at radius 2 is 2.28 bits per heavy atom. The van der Waals surface area contributed by atoms with Crippen LogP contribution in [0.3, 0.4) is 0 Å². The van der Waals surface area contributed by atoms with Gasteiger partial charge in [-0.25, -0.2) is 0 Å². The van der Waals surface area contributed by atoms with Gasteiger partial charge in [0.25, 0.3) is 5.91 Å². The van der Waals surface area contributed by atoms with E-state index in [0.29, 0.717) is 11.4 Å². The molecule has 0 aliphatic carbocycles. The van der Waals surface area contributed by atoms with E-state index in [2.05, 4.69) is 20.3 Å². The first-order valence-electron chi connectivity index (χ1n) is 5.87. The van der Waals surface area contributed by atoms with Crippen molar-refractivity contribution >= 4 is 11.7 Å². The van der Waals surface area contributed by atoms with Gasteiger partial charge in [-0.1, -0.05) is 11.2 Å². The summed E-state index contributed by atoms with van der Waals surface area (Å²) in [6, 6.07) is 7.40. The number of fused-ring (bicyclic) bond motifs is 1. The average Bonchev–Trinajstić information content (AvgIpc) is 2.91. The number of rotatable bonds is 2. The van der Waals surface area contributed by atoms with Crippen LogP contribution in [0.1, 0.15) is 21.5 Å². The van der Waals surface area contributed by atoms with Crippen molar-refractivity contribution < 1.29 is 9.32 Å². The molecule has 1 amide bonds. The lowest BCUT2D eigenvalue weighted by atomic mass is 9.98. The summed E-state index contributed by atoms with van der Waals surface area (Å²) in [6.07, 6.45) is 2.44. The van der Waals surface area contributed by atoms with Crippen LogP contribution in [0.25, 0.3) is 0 Å². The lowest BCUT2D eigenvalue weighted by Crippen LogP contribution is -2.24. The minimum atomic E-state index is -0.169. The predicted molar refractivity (Wildman–Crippen MR) is 66.3 cm³/mol. The highest BCUT2D eigenvalue weighted by Gasteiger charge is 2.13. The van der Waals surface area contributed by atoms with E-state index in [9.17, 15) is 4.79 Å². The number of benzene rings is 1. The Balaban J connectivity index is 1.81. The van der Waals surface area contributed by atoms with Crippen LogP contribution in [-0.2, 0) is 13.0 Å². The van der Waals surface area contributed by atoms with Crippen molar-refractivity contribution in [2.24, 2.45) is 0 Å². The molecular formula is C13H13N3O2. The zero-order chi connectivity index (χ0) is 12.4. The highest BCUT2D eigenvalue weighted by molar-refractivity contribution is 6.03. The lowest BCUT2D eigenvalue weighted by Gasteiger charge is -2.17. The third kappa shape index (κ3) is 2.12. The summed E-state index contributed by atoms with van der Waals surface area (Å²) in [5.41, 5.74) is 3.14. The maximum Gasteiger partial charge on any atom is 0.256 e. The fraction of sp³-hybridized carbons (Fsp3) is 0.231. The summed E-state index contributed by atoms with van der Waals surface area (Å²) >= 11 is 0. The van der Waals surface area contributed by atoms with Crippen molar-refractivity contribution in [3.8, 4) is 0 Å². The first kappa shape index (κ1) is 11.0. The molecule has 5 heteroatoms. The van der Waals surface area contributed by atoms with E-state index >= 15 is 0 Å². The summed E-state index contributed by atoms with van der Waals surface area (Å²) in [6.45, 7) is 1.82. The standard InChI is InChI=1S/C13H13N3O2/c17-13(15-12-4-6-18-16-12)10-2-1-9-3-5-14-8-11(9)7-10/h1-2,4,6-7,14H,3,5,8H2,(H,15,16,17). The van der Waals surface area contributed by atoms with Crippen molar-refractivity contribution in [3.63, 3.8) is 0 Å². The number of amides is 1. The molecule has 1 aliphatic heterocycles. The third-order valence-electron chi connectivity index (χ3n) is 3.03. The summed E-state index contributed by atoms with van der Waals surface area (Å²) < 4.78 is 4.67. The van der Waals surface area contributed by atoms with E-state index < -0.39 is 0 Å². The van der Waals surface area contributed by atoms with Crippen LogP contribution in [0.5, 0.6) is 0 Å². The Bertz CT molecular complexity index is 564. The summed E-state index contributed by atoms with van der Waals surface area (Å²) in [4.78, 5) is 12.0. The maximum atomic E-state index is 12.0. The SMILES string of the molecule is O=C(Nc1ccon1)c1ccc2c(c1)CNCC2. The molecule has 0 unspecified atom stereocenters. The van der Waals surface area contributed by atoms with Gasteiger partial charge < -0.3 is 15.2 Å². The van der Waals surface area contributed by atoms with E-state index in [1.54, 1.807) is 6.07 Å². The van der Waals surface area contributed by atoms with Crippen molar-refractivity contribution in [2.75, 3.05) is 11.9 Å². The second-order valence-electron chi connectivity index (χ2n) is 4.25. The molecular weight excluding hydrogens is 230 g/mol. The molecule has 92 valence electrons. The lowest BCUT2D eigenvalue weighted by molar-refractivity contribution is 0.102. The molecule has 18 heavy (non-hydrogen) atoms. The number of anilines is 1. The minimum absolute atomic E-state index is 0.169. The number of carbonyl (C=O) groups is 1. The van der Waals surface area contributed by atoms with E-state index in [4.69, 9.17) is 0 Å². The molecule has 1 aromatic carbocycles. The van der Waals surface area contributed by atoms with Gasteiger partial charge in [-0.3, -0.25) is 4.79 Å². The second kappa shape index (κ2) is 4.62. The first-order chi connectivity index (χ1) is 8.83. The number of hydrogen-bond acceptors (Lipinski definition) is 4. The molecule has 2 heterocycles. The van der Waals surface area contributed by atoms with Crippen LogP contribution < -0.4 is 10.6 Å². The number of nitrogens with one attached hydrogen (secondary N) is 2. The maximum absolute atomic E-state index is 12.0. The Morgan fingerprint density at radius 1 is 1.33 bits per heavy atom. The van der Waals surface area contributed by atoms with Crippen LogP contribution in [0, 0.1) is 0 Å². The molecule has 2 N–H and O–H groups in total. The van der Waals surface area contributed by atoms with Gasteiger partial charge >= 0.3 is 0 Å². The van der Waals surface area contributed by atoms with Crippen LogP contribution in [0.15, 0.2) is 35.1 Å². The summed E-state index contributed by atoms with van der Waals surface area (Å²) in [5.74, 6) is 0.258. The van der Waals surface area contributed by atoms with Crippen molar-refractivity contribution in [1.29, 1.82) is 0 Å². The van der Waals surface area contributed by atoms with E-state index in [-0.39, 0.29) is 5.91 Å². The van der Waals surface area contributed by atoms with E-state index in [0.717, 1.165) is 19.5 Å². The normalized spacial score (nSPS) is 14.0. The Labute approximate surface area is 104 Å². The summed E-state index contributed by atoms with van der Waals surface area (Å²) in [7, 11) is 0. The summed E-state index contributed by atoms with van der Waals surface area (Å²) in [5, 5.41) is 9.62. The highest BCUT2D eigenvalue weighted by atomic mass is 16.5. The highest BCUT2D eigenvalue weighted by Crippen LogP contribution is 2.16. The number of aromatic nitrogens is 1. The van der Waals surface area contributed by atoms with Gasteiger partial charge in [0.05, 0.1) is 0 Å². The van der Waals surface area contributed by atoms with Crippen LogP contribution in [-0.4, -0.2) is 17.6 Å². The van der Waals surface area contributed by atoms with Crippen LogP contribution in [0.4, 0.5) is 5.82 Å². The topological polar surface area (TPSA) is 67.2 Å². The van der Waals surface area contributed by atoms with Gasteiger partial charge in [-0.05, 0) is 36.2 Å². The fourth-order valence-electron chi connectivity index (χ4n) is 2.09. The predicted octanol–water partition coefficient (Wildman–Crippen LogP) is 1.57. The van der Waals surface area contributed by atoms with E-state index in [1.807, 2.05) is 18.2 Å². The van der Waals surface area contributed by atoms with Gasteiger partial charge in [0.2, 0.25) is 0 Å². The second-order valence-corrected chi connectivity index (χ2v) is 4.25. The molecule has 3 rings (SSSR count). The van der Waals surface area contributed by atoms with Crippen LogP contribution in [0.2, 0.25) is 0 Å². The van der Waals surface area contributed by atoms with Crippen molar-refractivity contribution in [1.82, 2.24) is 10.5 Å². The van der Waals surface area contributed by atoms with Gasteiger partial charge in [-0.2, -0.15) is 0 Å². The van der Waals surface area contributed by atoms with Gasteiger partial charge in [0.1, 0.15) is 6.26 Å². The third-order valence-corrected chi connectivity index (χ3v) is 3.03. The number of carbonyl (C=O) groups excluding carboxylic acids is 1. The molecule has 1 aromatic heterocycles. The molecule has 1 aliphatic rings. The Morgan fingerprint density at radius 3 is 3.11 bits per heavy atom. The molecule has 0 bridgehead atoms. The quantitative estimate of drug-likeness (QED) is 0.840. The molecule has 0 saturated carbocycles. The van der Waals surface area contributed by atoms with Crippen molar-refractivity contribution in [2.45, 2.75) is 13.0 Å². The number of hydrogen-bond donors (Lipinski definition) is 2. The molecule has 0 atom stereocenters. The monoisotopic (exact) mass is 243 g/mol. The molecule has 0 saturated heterocycles. The van der Waals surface area contributed by atoms with Gasteiger partial charge in [-0.15, -0.1) is 0 Å². The Hall–Kier alpha value is -2.14. The molecule has 0 spiro atoms. The van der Waals surface area contributed by atoms with E-state index in [1.165, 1.54) is 17.4 Å². The minimum Gasteiger partial charge on any atom is -0.363 e. The Kier molecular flexibility index (Phi) is 2.82. The van der Waals surface area contributed by atoms with Gasteiger partial charge in [0, 0.05) is 18.2 Å².